The average Bonchev–Trinajstić information content (AvgIpc) is 3.04. The molecule has 1 unspecified atom stereocenters. The summed E-state index contributed by atoms with van der Waals surface area (Å²) in [6, 6.07) is 10.1. The Balaban J connectivity index is 1.64. The molecule has 0 aliphatic carbocycles. The first kappa shape index (κ1) is 14.8. The van der Waals surface area contributed by atoms with Gasteiger partial charge in [0.2, 0.25) is 11.8 Å². The summed E-state index contributed by atoms with van der Waals surface area (Å²) in [6.07, 6.45) is 4.06. The number of aromatic nitrogens is 1. The molecular weight excluding hydrogens is 278 g/mol. The number of amides is 1. The number of likely N-dealkylation sites (tertiary alicyclic amines) is 1. The number of carbonyl (C=O) groups is 1. The zero-order chi connectivity index (χ0) is 15.4. The van der Waals surface area contributed by atoms with Crippen molar-refractivity contribution in [2.24, 2.45) is 0 Å². The molecule has 5 nitrogen and oxygen atoms in total. The van der Waals surface area contributed by atoms with Crippen molar-refractivity contribution in [1.82, 2.24) is 15.2 Å². The zero-order valence-electron chi connectivity index (χ0n) is 12.8. The quantitative estimate of drug-likeness (QED) is 0.939. The molecule has 0 spiro atoms. The standard InChI is InChI=1S/C17H21N3O2/c1-18-14-8-5-9-20(11-14)16(21)10-15-12-22-17(19-15)13-6-3-2-4-7-13/h2-4,6-7,12,14,18H,5,8-11H2,1H3. The molecule has 116 valence electrons. The van der Waals surface area contributed by atoms with Crippen molar-refractivity contribution in [2.75, 3.05) is 20.1 Å². The summed E-state index contributed by atoms with van der Waals surface area (Å²) >= 11 is 0. The summed E-state index contributed by atoms with van der Waals surface area (Å²) < 4.78 is 5.49. The molecule has 1 atom stereocenters. The van der Waals surface area contributed by atoms with E-state index in [-0.39, 0.29) is 5.91 Å². The molecule has 0 radical (unpaired) electrons. The van der Waals surface area contributed by atoms with Crippen LogP contribution in [0.1, 0.15) is 18.5 Å². The van der Waals surface area contributed by atoms with Gasteiger partial charge in [-0.15, -0.1) is 0 Å². The fourth-order valence-corrected chi connectivity index (χ4v) is 2.81. The summed E-state index contributed by atoms with van der Waals surface area (Å²) in [5.41, 5.74) is 1.62. The Kier molecular flexibility index (Phi) is 4.53. The van der Waals surface area contributed by atoms with Crippen LogP contribution in [0.4, 0.5) is 0 Å². The first-order valence-corrected chi connectivity index (χ1v) is 7.71. The Morgan fingerprint density at radius 1 is 1.41 bits per heavy atom. The number of hydrogen-bond acceptors (Lipinski definition) is 4. The minimum absolute atomic E-state index is 0.118. The van der Waals surface area contributed by atoms with Gasteiger partial charge in [-0.3, -0.25) is 4.79 Å². The van der Waals surface area contributed by atoms with Gasteiger partial charge in [-0.1, -0.05) is 18.2 Å². The number of piperidine rings is 1. The van der Waals surface area contributed by atoms with E-state index >= 15 is 0 Å². The minimum atomic E-state index is 0.118. The first-order chi connectivity index (χ1) is 10.8. The van der Waals surface area contributed by atoms with Gasteiger partial charge in [0.15, 0.2) is 0 Å². The highest BCUT2D eigenvalue weighted by atomic mass is 16.3. The van der Waals surface area contributed by atoms with E-state index in [1.165, 1.54) is 0 Å². The maximum Gasteiger partial charge on any atom is 0.228 e. The van der Waals surface area contributed by atoms with Crippen LogP contribution in [-0.4, -0.2) is 42.0 Å². The Morgan fingerprint density at radius 2 is 2.23 bits per heavy atom. The molecule has 2 heterocycles. The van der Waals surface area contributed by atoms with Gasteiger partial charge in [0.1, 0.15) is 6.26 Å². The lowest BCUT2D eigenvalue weighted by atomic mass is 10.1. The van der Waals surface area contributed by atoms with Gasteiger partial charge in [-0.2, -0.15) is 0 Å². The van der Waals surface area contributed by atoms with Crippen molar-refractivity contribution in [3.05, 3.63) is 42.3 Å². The number of benzene rings is 1. The van der Waals surface area contributed by atoms with Crippen LogP contribution in [0.5, 0.6) is 0 Å². The lowest BCUT2D eigenvalue weighted by molar-refractivity contribution is -0.131. The number of rotatable bonds is 4. The Bertz CT molecular complexity index is 624. The third-order valence-electron chi connectivity index (χ3n) is 4.09. The maximum absolute atomic E-state index is 12.4. The second-order valence-electron chi connectivity index (χ2n) is 5.65. The van der Waals surface area contributed by atoms with E-state index in [9.17, 15) is 4.79 Å². The predicted octanol–water partition coefficient (Wildman–Crippen LogP) is 2.09. The number of carbonyl (C=O) groups excluding carboxylic acids is 1. The summed E-state index contributed by atoms with van der Waals surface area (Å²) in [5.74, 6) is 0.683. The summed E-state index contributed by atoms with van der Waals surface area (Å²) in [4.78, 5) is 18.7. The lowest BCUT2D eigenvalue weighted by Gasteiger charge is -2.32. The van der Waals surface area contributed by atoms with Crippen LogP contribution in [0, 0.1) is 0 Å². The largest absolute Gasteiger partial charge is 0.444 e. The van der Waals surface area contributed by atoms with E-state index in [0.717, 1.165) is 31.5 Å². The van der Waals surface area contributed by atoms with Crippen molar-refractivity contribution in [3.8, 4) is 11.5 Å². The second-order valence-corrected chi connectivity index (χ2v) is 5.65. The third-order valence-corrected chi connectivity index (χ3v) is 4.09. The van der Waals surface area contributed by atoms with E-state index in [1.807, 2.05) is 42.3 Å². The fraction of sp³-hybridized carbons (Fsp3) is 0.412. The van der Waals surface area contributed by atoms with Crippen molar-refractivity contribution in [3.63, 3.8) is 0 Å². The topological polar surface area (TPSA) is 58.4 Å². The van der Waals surface area contributed by atoms with Crippen molar-refractivity contribution < 1.29 is 9.21 Å². The Morgan fingerprint density at radius 3 is 3.00 bits per heavy atom. The van der Waals surface area contributed by atoms with Gasteiger partial charge in [0.25, 0.3) is 0 Å². The van der Waals surface area contributed by atoms with Crippen LogP contribution in [0.15, 0.2) is 41.0 Å². The average molecular weight is 299 g/mol. The molecule has 3 rings (SSSR count). The summed E-state index contributed by atoms with van der Waals surface area (Å²) in [5, 5.41) is 3.25. The normalized spacial score (nSPS) is 18.4. The van der Waals surface area contributed by atoms with Crippen LogP contribution >= 0.6 is 0 Å². The molecule has 1 aromatic carbocycles. The Hall–Kier alpha value is -2.14. The van der Waals surface area contributed by atoms with Crippen LogP contribution in [0.2, 0.25) is 0 Å². The number of hydrogen-bond donors (Lipinski definition) is 1. The van der Waals surface area contributed by atoms with E-state index in [4.69, 9.17) is 4.42 Å². The molecular formula is C17H21N3O2. The van der Waals surface area contributed by atoms with Gasteiger partial charge in [-0.25, -0.2) is 4.98 Å². The summed E-state index contributed by atoms with van der Waals surface area (Å²) in [6.45, 7) is 1.61. The van der Waals surface area contributed by atoms with Gasteiger partial charge in [0, 0.05) is 24.7 Å². The molecule has 1 N–H and O–H groups in total. The highest BCUT2D eigenvalue weighted by Crippen LogP contribution is 2.19. The van der Waals surface area contributed by atoms with Crippen molar-refractivity contribution in [2.45, 2.75) is 25.3 Å². The van der Waals surface area contributed by atoms with Crippen molar-refractivity contribution >= 4 is 5.91 Å². The SMILES string of the molecule is CNC1CCCN(C(=O)Cc2coc(-c3ccccc3)n2)C1. The maximum atomic E-state index is 12.4. The van der Waals surface area contributed by atoms with E-state index < -0.39 is 0 Å². The van der Waals surface area contributed by atoms with Gasteiger partial charge >= 0.3 is 0 Å². The molecule has 1 aliphatic rings. The van der Waals surface area contributed by atoms with Gasteiger partial charge in [0.05, 0.1) is 12.1 Å². The molecule has 1 saturated heterocycles. The van der Waals surface area contributed by atoms with Gasteiger partial charge < -0.3 is 14.6 Å². The molecule has 1 amide bonds. The number of oxazole rings is 1. The number of likely N-dealkylation sites (N-methyl/N-ethyl adjacent to an activating group) is 1. The molecule has 2 aromatic rings. The zero-order valence-corrected chi connectivity index (χ0v) is 12.8. The fourth-order valence-electron chi connectivity index (χ4n) is 2.81. The van der Waals surface area contributed by atoms with E-state index in [0.29, 0.717) is 24.0 Å². The molecule has 1 aliphatic heterocycles. The summed E-state index contributed by atoms with van der Waals surface area (Å²) in [7, 11) is 1.95. The smallest absolute Gasteiger partial charge is 0.228 e. The highest BCUT2D eigenvalue weighted by Gasteiger charge is 2.23. The lowest BCUT2D eigenvalue weighted by Crippen LogP contribution is -2.47. The van der Waals surface area contributed by atoms with Crippen molar-refractivity contribution in [1.29, 1.82) is 0 Å². The van der Waals surface area contributed by atoms with Crippen LogP contribution in [0.3, 0.4) is 0 Å². The molecule has 0 saturated carbocycles. The molecule has 5 heteroatoms. The first-order valence-electron chi connectivity index (χ1n) is 7.71. The van der Waals surface area contributed by atoms with Crippen LogP contribution < -0.4 is 5.32 Å². The predicted molar refractivity (Wildman–Crippen MR) is 84.3 cm³/mol. The molecule has 1 aromatic heterocycles. The second kappa shape index (κ2) is 6.75. The van der Waals surface area contributed by atoms with E-state index in [1.54, 1.807) is 6.26 Å². The van der Waals surface area contributed by atoms with Crippen LogP contribution in [0.25, 0.3) is 11.5 Å². The Labute approximate surface area is 130 Å². The monoisotopic (exact) mass is 299 g/mol. The molecule has 1 fully saturated rings. The molecule has 0 bridgehead atoms. The number of nitrogens with one attached hydrogen (secondary N) is 1. The highest BCUT2D eigenvalue weighted by molar-refractivity contribution is 5.78. The van der Waals surface area contributed by atoms with Gasteiger partial charge in [-0.05, 0) is 32.0 Å². The minimum Gasteiger partial charge on any atom is -0.444 e. The third kappa shape index (κ3) is 3.36. The number of nitrogens with zero attached hydrogens (tertiary/aromatic N) is 2. The van der Waals surface area contributed by atoms with Crippen LogP contribution in [-0.2, 0) is 11.2 Å². The van der Waals surface area contributed by atoms with E-state index in [2.05, 4.69) is 10.3 Å². The molecule has 22 heavy (non-hydrogen) atoms.